The summed E-state index contributed by atoms with van der Waals surface area (Å²) in [7, 11) is 2.97. The lowest BCUT2D eigenvalue weighted by Gasteiger charge is -2.16. The molecule has 0 aliphatic heterocycles. The van der Waals surface area contributed by atoms with Gasteiger partial charge in [0.25, 0.3) is 0 Å². The second kappa shape index (κ2) is 5.68. The Morgan fingerprint density at radius 1 is 1.35 bits per heavy atom. The maximum atomic E-state index is 13.8. The van der Waals surface area contributed by atoms with Crippen LogP contribution in [0.3, 0.4) is 0 Å². The Morgan fingerprint density at radius 3 is 2.35 bits per heavy atom. The monoisotopic (exact) mass is 239 g/mol. The summed E-state index contributed by atoms with van der Waals surface area (Å²) in [5, 5.41) is 0. The Labute approximate surface area is 101 Å². The lowest BCUT2D eigenvalue weighted by atomic mass is 10.00. The van der Waals surface area contributed by atoms with Crippen LogP contribution in [0.15, 0.2) is 24.3 Å². The van der Waals surface area contributed by atoms with Crippen molar-refractivity contribution in [2.24, 2.45) is 5.73 Å². The van der Waals surface area contributed by atoms with Crippen molar-refractivity contribution in [1.29, 1.82) is 0 Å². The first-order valence-corrected chi connectivity index (χ1v) is 5.31. The molecule has 0 aliphatic carbocycles. The van der Waals surface area contributed by atoms with Crippen molar-refractivity contribution in [2.45, 2.75) is 19.4 Å². The number of ether oxygens (including phenoxy) is 2. The number of halogens is 1. The van der Waals surface area contributed by atoms with Crippen LogP contribution < -0.4 is 15.2 Å². The highest BCUT2D eigenvalue weighted by Crippen LogP contribution is 2.33. The van der Waals surface area contributed by atoms with Gasteiger partial charge in [-0.15, -0.1) is 6.58 Å². The number of rotatable bonds is 5. The fourth-order valence-electron chi connectivity index (χ4n) is 1.64. The summed E-state index contributed by atoms with van der Waals surface area (Å²) in [6.07, 6.45) is 0.534. The molecule has 3 nitrogen and oxygen atoms in total. The van der Waals surface area contributed by atoms with E-state index in [1.165, 1.54) is 20.3 Å². The molecule has 0 radical (unpaired) electrons. The number of methoxy groups -OCH3 is 2. The Hall–Kier alpha value is -1.55. The average molecular weight is 239 g/mol. The van der Waals surface area contributed by atoms with E-state index in [9.17, 15) is 4.39 Å². The average Bonchev–Trinajstić information content (AvgIpc) is 2.27. The van der Waals surface area contributed by atoms with Crippen molar-refractivity contribution in [1.82, 2.24) is 0 Å². The molecule has 0 aliphatic rings. The van der Waals surface area contributed by atoms with Crippen LogP contribution in [-0.4, -0.2) is 14.2 Å². The highest BCUT2D eigenvalue weighted by molar-refractivity contribution is 5.44. The first kappa shape index (κ1) is 13.5. The molecule has 0 saturated heterocycles. The van der Waals surface area contributed by atoms with E-state index in [0.717, 1.165) is 5.57 Å². The fourth-order valence-corrected chi connectivity index (χ4v) is 1.64. The van der Waals surface area contributed by atoms with Crippen LogP contribution in [0.4, 0.5) is 4.39 Å². The summed E-state index contributed by atoms with van der Waals surface area (Å²) < 4.78 is 23.9. The van der Waals surface area contributed by atoms with E-state index in [4.69, 9.17) is 15.2 Å². The molecule has 94 valence electrons. The number of hydrogen-bond acceptors (Lipinski definition) is 3. The molecule has 0 amide bonds. The summed E-state index contributed by atoms with van der Waals surface area (Å²) in [4.78, 5) is 0. The standard InChI is InChI=1S/C13H18FNO2/c1-8(2)5-11(15)9-6-12(16-3)13(17-4)7-10(9)14/h6-7,11H,1,5,15H2,2-4H3/t11-/m0/s1. The molecule has 0 saturated carbocycles. The summed E-state index contributed by atoms with van der Waals surface area (Å²) in [5.74, 6) is 0.439. The maximum absolute atomic E-state index is 13.8. The third-order valence-electron chi connectivity index (χ3n) is 2.47. The van der Waals surface area contributed by atoms with E-state index in [-0.39, 0.29) is 0 Å². The third-order valence-corrected chi connectivity index (χ3v) is 2.47. The lowest BCUT2D eigenvalue weighted by Crippen LogP contribution is -2.13. The topological polar surface area (TPSA) is 44.5 Å². The van der Waals surface area contributed by atoms with Gasteiger partial charge in [0.2, 0.25) is 0 Å². The van der Waals surface area contributed by atoms with Crippen molar-refractivity contribution in [3.05, 3.63) is 35.7 Å². The third kappa shape index (κ3) is 3.20. The predicted molar refractivity (Wildman–Crippen MR) is 65.9 cm³/mol. The van der Waals surface area contributed by atoms with Crippen LogP contribution in [0.2, 0.25) is 0 Å². The van der Waals surface area contributed by atoms with Gasteiger partial charge in [-0.3, -0.25) is 0 Å². The molecule has 1 aromatic carbocycles. The molecule has 0 aromatic heterocycles. The van der Waals surface area contributed by atoms with E-state index in [1.807, 2.05) is 6.92 Å². The number of nitrogens with two attached hydrogens (primary N) is 1. The van der Waals surface area contributed by atoms with Gasteiger partial charge < -0.3 is 15.2 Å². The number of benzene rings is 1. The van der Waals surface area contributed by atoms with Gasteiger partial charge in [-0.2, -0.15) is 0 Å². The van der Waals surface area contributed by atoms with Gasteiger partial charge in [0, 0.05) is 17.7 Å². The molecular formula is C13H18FNO2. The second-order valence-corrected chi connectivity index (χ2v) is 4.00. The zero-order valence-corrected chi connectivity index (χ0v) is 10.4. The molecule has 2 N–H and O–H groups in total. The molecule has 0 fully saturated rings. The van der Waals surface area contributed by atoms with E-state index in [1.54, 1.807) is 6.07 Å². The van der Waals surface area contributed by atoms with E-state index in [2.05, 4.69) is 6.58 Å². The molecule has 0 heterocycles. The molecule has 0 bridgehead atoms. The largest absolute Gasteiger partial charge is 0.493 e. The zero-order valence-electron chi connectivity index (χ0n) is 10.4. The molecule has 4 heteroatoms. The summed E-state index contributed by atoms with van der Waals surface area (Å²) in [6, 6.07) is 2.43. The van der Waals surface area contributed by atoms with E-state index < -0.39 is 11.9 Å². The molecular weight excluding hydrogens is 221 g/mol. The molecule has 1 atom stereocenters. The van der Waals surface area contributed by atoms with Crippen molar-refractivity contribution < 1.29 is 13.9 Å². The maximum Gasteiger partial charge on any atom is 0.163 e. The minimum Gasteiger partial charge on any atom is -0.493 e. The highest BCUT2D eigenvalue weighted by Gasteiger charge is 2.16. The summed E-state index contributed by atoms with van der Waals surface area (Å²) >= 11 is 0. The first-order valence-electron chi connectivity index (χ1n) is 5.31. The van der Waals surface area contributed by atoms with E-state index >= 15 is 0 Å². The quantitative estimate of drug-likeness (QED) is 0.803. The molecule has 17 heavy (non-hydrogen) atoms. The lowest BCUT2D eigenvalue weighted by molar-refractivity contribution is 0.351. The smallest absolute Gasteiger partial charge is 0.163 e. The normalized spacial score (nSPS) is 12.1. The van der Waals surface area contributed by atoms with Gasteiger partial charge >= 0.3 is 0 Å². The van der Waals surface area contributed by atoms with Crippen LogP contribution >= 0.6 is 0 Å². The van der Waals surface area contributed by atoms with Crippen molar-refractivity contribution in [3.63, 3.8) is 0 Å². The fraction of sp³-hybridized carbons (Fsp3) is 0.385. The molecule has 1 rings (SSSR count). The van der Waals surface area contributed by atoms with Crippen molar-refractivity contribution in [2.75, 3.05) is 14.2 Å². The van der Waals surface area contributed by atoms with Gasteiger partial charge in [0.15, 0.2) is 11.5 Å². The van der Waals surface area contributed by atoms with Crippen molar-refractivity contribution in [3.8, 4) is 11.5 Å². The Bertz CT molecular complexity index is 418. The van der Waals surface area contributed by atoms with Gasteiger partial charge in [-0.25, -0.2) is 4.39 Å². The minimum absolute atomic E-state index is 0.358. The Balaban J connectivity index is 3.11. The summed E-state index contributed by atoms with van der Waals surface area (Å²) in [6.45, 7) is 5.63. The van der Waals surface area contributed by atoms with Crippen LogP contribution in [0.1, 0.15) is 24.9 Å². The predicted octanol–water partition coefficient (Wildman–Crippen LogP) is 2.81. The molecule has 0 unspecified atom stereocenters. The van der Waals surface area contributed by atoms with Crippen molar-refractivity contribution >= 4 is 0 Å². The van der Waals surface area contributed by atoms with Gasteiger partial charge in [0.05, 0.1) is 14.2 Å². The van der Waals surface area contributed by atoms with Crippen LogP contribution in [-0.2, 0) is 0 Å². The van der Waals surface area contributed by atoms with Gasteiger partial charge in [-0.1, -0.05) is 5.57 Å². The summed E-state index contributed by atoms with van der Waals surface area (Å²) in [5.41, 5.74) is 7.23. The van der Waals surface area contributed by atoms with Crippen LogP contribution in [0, 0.1) is 5.82 Å². The SMILES string of the molecule is C=C(C)C[C@H](N)c1cc(OC)c(OC)cc1F. The van der Waals surface area contributed by atoms with Crippen LogP contribution in [0.25, 0.3) is 0 Å². The Kier molecular flexibility index (Phi) is 4.52. The molecule has 1 aromatic rings. The minimum atomic E-state index is -0.424. The van der Waals surface area contributed by atoms with Crippen LogP contribution in [0.5, 0.6) is 11.5 Å². The highest BCUT2D eigenvalue weighted by atomic mass is 19.1. The molecule has 0 spiro atoms. The second-order valence-electron chi connectivity index (χ2n) is 4.00. The zero-order chi connectivity index (χ0) is 13.0. The van der Waals surface area contributed by atoms with E-state index in [0.29, 0.717) is 23.5 Å². The van der Waals surface area contributed by atoms with Gasteiger partial charge in [-0.05, 0) is 19.4 Å². The number of hydrogen-bond donors (Lipinski definition) is 1. The van der Waals surface area contributed by atoms with Gasteiger partial charge in [0.1, 0.15) is 5.82 Å². The Morgan fingerprint density at radius 2 is 1.88 bits per heavy atom. The first-order chi connectivity index (χ1) is 7.99.